The summed E-state index contributed by atoms with van der Waals surface area (Å²) in [5, 5.41) is 0. The third kappa shape index (κ3) is 5.34. The first-order valence-corrected chi connectivity index (χ1v) is 8.84. The van der Waals surface area contributed by atoms with Crippen molar-refractivity contribution in [2.45, 2.75) is 40.0 Å². The van der Waals surface area contributed by atoms with E-state index in [1.54, 1.807) is 0 Å². The zero-order valence-electron chi connectivity index (χ0n) is 14.0. The monoisotopic (exact) mass is 281 g/mol. The second-order valence-electron chi connectivity index (χ2n) is 7.20. The fourth-order valence-electron chi connectivity index (χ4n) is 3.49. The van der Waals surface area contributed by atoms with Crippen LogP contribution in [-0.4, -0.2) is 73.6 Å². The van der Waals surface area contributed by atoms with Gasteiger partial charge in [-0.05, 0) is 57.3 Å². The van der Waals surface area contributed by atoms with Crippen molar-refractivity contribution in [3.05, 3.63) is 0 Å². The van der Waals surface area contributed by atoms with E-state index in [-0.39, 0.29) is 0 Å². The topological polar surface area (TPSA) is 9.72 Å². The largest absolute Gasteiger partial charge is 0.304 e. The number of rotatable bonds is 6. The van der Waals surface area contributed by atoms with Gasteiger partial charge in [-0.15, -0.1) is 0 Å². The average molecular weight is 281 g/mol. The van der Waals surface area contributed by atoms with Gasteiger partial charge < -0.3 is 14.7 Å². The maximum Gasteiger partial charge on any atom is 0.0110 e. The molecule has 0 atom stereocenters. The Kier molecular flexibility index (Phi) is 6.79. The molecule has 20 heavy (non-hydrogen) atoms. The molecule has 118 valence electrons. The number of hydrogen-bond donors (Lipinski definition) is 0. The van der Waals surface area contributed by atoms with Crippen LogP contribution in [0.25, 0.3) is 0 Å². The highest BCUT2D eigenvalue weighted by atomic mass is 15.3. The molecule has 0 aromatic heterocycles. The van der Waals surface area contributed by atoms with Gasteiger partial charge in [0.25, 0.3) is 0 Å². The van der Waals surface area contributed by atoms with Crippen LogP contribution in [0, 0.1) is 11.8 Å². The first-order valence-electron chi connectivity index (χ1n) is 8.84. The molecule has 0 radical (unpaired) electrons. The van der Waals surface area contributed by atoms with E-state index < -0.39 is 0 Å². The minimum Gasteiger partial charge on any atom is -0.304 e. The summed E-state index contributed by atoms with van der Waals surface area (Å²) in [5.74, 6) is 1.80. The summed E-state index contributed by atoms with van der Waals surface area (Å²) in [6.07, 6.45) is 4.19. The average Bonchev–Trinajstić information content (AvgIpc) is 2.47. The van der Waals surface area contributed by atoms with Crippen molar-refractivity contribution in [2.75, 3.05) is 58.9 Å². The van der Waals surface area contributed by atoms with Crippen LogP contribution in [0.2, 0.25) is 0 Å². The van der Waals surface area contributed by atoms with Crippen LogP contribution in [0.4, 0.5) is 0 Å². The molecule has 2 fully saturated rings. The molecule has 3 nitrogen and oxygen atoms in total. The summed E-state index contributed by atoms with van der Waals surface area (Å²) < 4.78 is 0. The molecule has 0 amide bonds. The van der Waals surface area contributed by atoms with Gasteiger partial charge in [0.05, 0.1) is 0 Å². The second-order valence-corrected chi connectivity index (χ2v) is 7.20. The molecule has 0 saturated carbocycles. The number of piperazine rings is 1. The van der Waals surface area contributed by atoms with Crippen LogP contribution in [0.15, 0.2) is 0 Å². The van der Waals surface area contributed by atoms with E-state index >= 15 is 0 Å². The lowest BCUT2D eigenvalue weighted by Gasteiger charge is -2.38. The zero-order chi connectivity index (χ0) is 14.4. The summed E-state index contributed by atoms with van der Waals surface area (Å²) in [7, 11) is 0. The van der Waals surface area contributed by atoms with Crippen molar-refractivity contribution >= 4 is 0 Å². The number of likely N-dealkylation sites (tertiary alicyclic amines) is 1. The molecule has 0 unspecified atom stereocenters. The quantitative estimate of drug-likeness (QED) is 0.740. The van der Waals surface area contributed by atoms with Gasteiger partial charge in [-0.3, -0.25) is 0 Å². The van der Waals surface area contributed by atoms with E-state index in [1.807, 2.05) is 0 Å². The van der Waals surface area contributed by atoms with E-state index in [4.69, 9.17) is 0 Å². The smallest absolute Gasteiger partial charge is 0.0110 e. The van der Waals surface area contributed by atoms with Crippen molar-refractivity contribution in [3.63, 3.8) is 0 Å². The maximum atomic E-state index is 2.72. The Bertz CT molecular complexity index is 251. The van der Waals surface area contributed by atoms with Crippen molar-refractivity contribution in [2.24, 2.45) is 11.8 Å². The summed E-state index contributed by atoms with van der Waals surface area (Å²) in [6, 6.07) is 0. The summed E-state index contributed by atoms with van der Waals surface area (Å²) in [6.45, 7) is 18.7. The summed E-state index contributed by atoms with van der Waals surface area (Å²) in [5.41, 5.74) is 0. The van der Waals surface area contributed by atoms with Gasteiger partial charge in [0, 0.05) is 32.7 Å². The highest BCUT2D eigenvalue weighted by molar-refractivity contribution is 4.78. The van der Waals surface area contributed by atoms with Crippen LogP contribution >= 0.6 is 0 Å². The Labute approximate surface area is 126 Å². The highest BCUT2D eigenvalue weighted by Gasteiger charge is 2.23. The molecule has 0 aromatic carbocycles. The van der Waals surface area contributed by atoms with Gasteiger partial charge in [0.1, 0.15) is 0 Å². The molecule has 0 bridgehead atoms. The Balaban J connectivity index is 1.60. The van der Waals surface area contributed by atoms with Crippen molar-refractivity contribution in [3.8, 4) is 0 Å². The van der Waals surface area contributed by atoms with E-state index in [1.165, 1.54) is 78.2 Å². The zero-order valence-corrected chi connectivity index (χ0v) is 14.0. The normalized spacial score (nSPS) is 24.6. The Morgan fingerprint density at radius 2 is 1.45 bits per heavy atom. The lowest BCUT2D eigenvalue weighted by atomic mass is 9.96. The molecule has 3 heteroatoms. The van der Waals surface area contributed by atoms with Gasteiger partial charge in [0.2, 0.25) is 0 Å². The fraction of sp³-hybridized carbons (Fsp3) is 1.00. The van der Waals surface area contributed by atoms with Crippen molar-refractivity contribution in [1.29, 1.82) is 0 Å². The molecule has 2 rings (SSSR count). The van der Waals surface area contributed by atoms with Crippen molar-refractivity contribution in [1.82, 2.24) is 14.7 Å². The predicted octanol–water partition coefficient (Wildman–Crippen LogP) is 2.38. The Hall–Kier alpha value is -0.120. The van der Waals surface area contributed by atoms with Crippen molar-refractivity contribution < 1.29 is 0 Å². The maximum absolute atomic E-state index is 2.72. The summed E-state index contributed by atoms with van der Waals surface area (Å²) >= 11 is 0. The van der Waals surface area contributed by atoms with Gasteiger partial charge in [-0.25, -0.2) is 0 Å². The summed E-state index contributed by atoms with van der Waals surface area (Å²) in [4.78, 5) is 7.98. The van der Waals surface area contributed by atoms with Gasteiger partial charge in [-0.1, -0.05) is 20.8 Å². The first-order chi connectivity index (χ1) is 9.67. The van der Waals surface area contributed by atoms with Crippen LogP contribution in [0.1, 0.15) is 40.0 Å². The first kappa shape index (κ1) is 16.3. The molecule has 2 saturated heterocycles. The van der Waals surface area contributed by atoms with Crippen LogP contribution in [0.5, 0.6) is 0 Å². The molecule has 2 heterocycles. The Morgan fingerprint density at radius 1 is 0.850 bits per heavy atom. The minimum atomic E-state index is 0.844. The predicted molar refractivity (Wildman–Crippen MR) is 87.2 cm³/mol. The standard InChI is InChI=1S/C17H35N3/c1-4-18-9-6-17(7-10-18)15-20-13-11-19(12-14-20)8-5-16(2)3/h16-17H,4-15H2,1-3H3. The van der Waals surface area contributed by atoms with E-state index in [2.05, 4.69) is 35.5 Å². The fourth-order valence-corrected chi connectivity index (χ4v) is 3.49. The van der Waals surface area contributed by atoms with Gasteiger partial charge in [0.15, 0.2) is 0 Å². The molecule has 2 aliphatic heterocycles. The lowest BCUT2D eigenvalue weighted by molar-refractivity contribution is 0.0941. The third-order valence-electron chi connectivity index (χ3n) is 5.16. The minimum absolute atomic E-state index is 0.844. The van der Waals surface area contributed by atoms with E-state index in [0.717, 1.165) is 11.8 Å². The molecule has 2 aliphatic rings. The SMILES string of the molecule is CCN1CCC(CN2CCN(CCC(C)C)CC2)CC1. The highest BCUT2D eigenvalue weighted by Crippen LogP contribution is 2.19. The van der Waals surface area contributed by atoms with Crippen LogP contribution < -0.4 is 0 Å². The van der Waals surface area contributed by atoms with Gasteiger partial charge >= 0.3 is 0 Å². The van der Waals surface area contributed by atoms with Gasteiger partial charge in [-0.2, -0.15) is 0 Å². The lowest BCUT2D eigenvalue weighted by Crippen LogP contribution is -2.49. The molecule has 0 aromatic rings. The number of nitrogens with zero attached hydrogens (tertiary/aromatic N) is 3. The number of hydrogen-bond acceptors (Lipinski definition) is 3. The molecule has 0 N–H and O–H groups in total. The molecule has 0 aliphatic carbocycles. The third-order valence-corrected chi connectivity index (χ3v) is 5.16. The molecular formula is C17H35N3. The van der Waals surface area contributed by atoms with Crippen LogP contribution in [0.3, 0.4) is 0 Å². The van der Waals surface area contributed by atoms with Crippen LogP contribution in [-0.2, 0) is 0 Å². The second kappa shape index (κ2) is 8.35. The van der Waals surface area contributed by atoms with E-state index in [0.29, 0.717) is 0 Å². The molecule has 0 spiro atoms. The Morgan fingerprint density at radius 3 is 2.00 bits per heavy atom. The van der Waals surface area contributed by atoms with E-state index in [9.17, 15) is 0 Å². The molecular weight excluding hydrogens is 246 g/mol. The number of piperidine rings is 1.